The third kappa shape index (κ3) is 2.91. The molecule has 0 amide bonds. The molecule has 4 heteroatoms. The first kappa shape index (κ1) is 14.9. The Morgan fingerprint density at radius 1 is 0.680 bits per heavy atom. The molecular formula is C21H14N4. The van der Waals surface area contributed by atoms with Gasteiger partial charge in [0.1, 0.15) is 11.4 Å². The van der Waals surface area contributed by atoms with Crippen molar-refractivity contribution < 1.29 is 0 Å². The molecular weight excluding hydrogens is 308 g/mol. The summed E-state index contributed by atoms with van der Waals surface area (Å²) >= 11 is 0. The van der Waals surface area contributed by atoms with E-state index in [1.807, 2.05) is 72.8 Å². The number of rotatable bonds is 3. The molecule has 4 aromatic rings. The Morgan fingerprint density at radius 3 is 1.76 bits per heavy atom. The van der Waals surface area contributed by atoms with Gasteiger partial charge in [0.05, 0.1) is 17.3 Å². The lowest BCUT2D eigenvalue weighted by atomic mass is 10.1. The number of benzene rings is 3. The first-order chi connectivity index (χ1) is 12.3. The molecule has 0 unspecified atom stereocenters. The van der Waals surface area contributed by atoms with Crippen molar-refractivity contribution in [1.82, 2.24) is 15.0 Å². The highest BCUT2D eigenvalue weighted by Gasteiger charge is 2.15. The molecule has 0 saturated carbocycles. The Morgan fingerprint density at radius 2 is 1.24 bits per heavy atom. The van der Waals surface area contributed by atoms with Gasteiger partial charge in [-0.1, -0.05) is 66.7 Å². The van der Waals surface area contributed by atoms with Crippen LogP contribution in [0, 0.1) is 11.3 Å². The molecule has 0 N–H and O–H groups in total. The van der Waals surface area contributed by atoms with E-state index in [0.717, 1.165) is 28.2 Å². The molecule has 0 aliphatic rings. The summed E-state index contributed by atoms with van der Waals surface area (Å²) < 4.78 is 0. The second-order valence-corrected chi connectivity index (χ2v) is 5.58. The molecule has 0 aliphatic heterocycles. The maximum atomic E-state index is 9.12. The monoisotopic (exact) mass is 322 g/mol. The molecule has 3 aromatic carbocycles. The minimum Gasteiger partial charge on any atom is -0.192 e. The predicted octanol–water partition coefficient (Wildman–Crippen LogP) is 4.47. The largest absolute Gasteiger partial charge is 0.192 e. The first-order valence-corrected chi connectivity index (χ1v) is 7.94. The van der Waals surface area contributed by atoms with Gasteiger partial charge in [-0.15, -0.1) is 10.2 Å². The average Bonchev–Trinajstić information content (AvgIpc) is 3.15. The third-order valence-electron chi connectivity index (χ3n) is 3.91. The summed E-state index contributed by atoms with van der Waals surface area (Å²) in [5.41, 5.74) is 4.98. The summed E-state index contributed by atoms with van der Waals surface area (Å²) in [6, 6.07) is 29.4. The second-order valence-electron chi connectivity index (χ2n) is 5.58. The van der Waals surface area contributed by atoms with Crippen LogP contribution in [0.5, 0.6) is 0 Å². The Bertz CT molecular complexity index is 987. The summed E-state index contributed by atoms with van der Waals surface area (Å²) in [7, 11) is 0. The van der Waals surface area contributed by atoms with Crippen molar-refractivity contribution in [3.8, 4) is 34.3 Å². The predicted molar refractivity (Wildman–Crippen MR) is 96.9 cm³/mol. The van der Waals surface area contributed by atoms with E-state index in [0.29, 0.717) is 5.56 Å². The molecule has 4 rings (SSSR count). The number of aromatic nitrogens is 3. The summed E-state index contributed by atoms with van der Waals surface area (Å²) in [4.78, 5) is 1.59. The van der Waals surface area contributed by atoms with E-state index in [2.05, 4.69) is 6.07 Å². The highest BCUT2D eigenvalue weighted by Crippen LogP contribution is 2.29. The lowest BCUT2D eigenvalue weighted by molar-refractivity contribution is 0.755. The van der Waals surface area contributed by atoms with Crippen LogP contribution >= 0.6 is 0 Å². The van der Waals surface area contributed by atoms with Crippen LogP contribution in [0.1, 0.15) is 5.56 Å². The van der Waals surface area contributed by atoms with E-state index in [4.69, 9.17) is 15.5 Å². The zero-order valence-corrected chi connectivity index (χ0v) is 13.4. The van der Waals surface area contributed by atoms with Crippen molar-refractivity contribution in [2.24, 2.45) is 0 Å². The van der Waals surface area contributed by atoms with E-state index in [-0.39, 0.29) is 0 Å². The molecule has 0 bridgehead atoms. The van der Waals surface area contributed by atoms with E-state index in [9.17, 15) is 0 Å². The van der Waals surface area contributed by atoms with Gasteiger partial charge >= 0.3 is 0 Å². The molecule has 0 fully saturated rings. The quantitative estimate of drug-likeness (QED) is 0.559. The fraction of sp³-hybridized carbons (Fsp3) is 0. The van der Waals surface area contributed by atoms with Crippen LogP contribution in [0.25, 0.3) is 28.2 Å². The SMILES string of the molecule is N#Cc1cccc(-n2nc(-c3ccccc3)c(-c3ccccc3)n2)c1. The molecule has 0 spiro atoms. The van der Waals surface area contributed by atoms with Crippen molar-refractivity contribution in [1.29, 1.82) is 5.26 Å². The molecule has 118 valence electrons. The van der Waals surface area contributed by atoms with Gasteiger partial charge in [0, 0.05) is 11.1 Å². The molecule has 0 saturated heterocycles. The van der Waals surface area contributed by atoms with Crippen molar-refractivity contribution in [2.75, 3.05) is 0 Å². The fourth-order valence-corrected chi connectivity index (χ4v) is 2.70. The molecule has 0 aliphatic carbocycles. The lowest BCUT2D eigenvalue weighted by Gasteiger charge is -2.00. The molecule has 0 radical (unpaired) electrons. The van der Waals surface area contributed by atoms with E-state index in [1.165, 1.54) is 0 Å². The standard InChI is InChI=1S/C21H14N4/c22-15-16-8-7-13-19(14-16)25-23-20(17-9-3-1-4-10-17)21(24-25)18-11-5-2-6-12-18/h1-14H. The van der Waals surface area contributed by atoms with Gasteiger partial charge in [0.15, 0.2) is 0 Å². The molecule has 25 heavy (non-hydrogen) atoms. The van der Waals surface area contributed by atoms with Gasteiger partial charge in [-0.3, -0.25) is 0 Å². The summed E-state index contributed by atoms with van der Waals surface area (Å²) in [6.45, 7) is 0. The molecule has 1 heterocycles. The zero-order valence-electron chi connectivity index (χ0n) is 13.4. The number of nitrogens with zero attached hydrogens (tertiary/aromatic N) is 4. The van der Waals surface area contributed by atoms with Crippen LogP contribution in [0.3, 0.4) is 0 Å². The maximum Gasteiger partial charge on any atom is 0.121 e. The summed E-state index contributed by atoms with van der Waals surface area (Å²) in [5.74, 6) is 0. The highest BCUT2D eigenvalue weighted by atomic mass is 15.5. The highest BCUT2D eigenvalue weighted by molar-refractivity contribution is 5.77. The van der Waals surface area contributed by atoms with Crippen LogP contribution in [0.2, 0.25) is 0 Å². The van der Waals surface area contributed by atoms with Gasteiger partial charge in [0.25, 0.3) is 0 Å². The van der Waals surface area contributed by atoms with Crippen LogP contribution in [-0.4, -0.2) is 15.0 Å². The summed E-state index contributed by atoms with van der Waals surface area (Å²) in [6.07, 6.45) is 0. The Kier molecular flexibility index (Phi) is 3.82. The van der Waals surface area contributed by atoms with Gasteiger partial charge in [-0.25, -0.2) is 0 Å². The Labute approximate surface area is 145 Å². The van der Waals surface area contributed by atoms with Gasteiger partial charge in [0.2, 0.25) is 0 Å². The Hall–Kier alpha value is -3.71. The summed E-state index contributed by atoms with van der Waals surface area (Å²) in [5, 5.41) is 18.5. The van der Waals surface area contributed by atoms with E-state index >= 15 is 0 Å². The van der Waals surface area contributed by atoms with Crippen molar-refractivity contribution in [3.63, 3.8) is 0 Å². The second kappa shape index (κ2) is 6.42. The van der Waals surface area contributed by atoms with Crippen LogP contribution < -0.4 is 0 Å². The Balaban J connectivity index is 1.91. The van der Waals surface area contributed by atoms with E-state index < -0.39 is 0 Å². The van der Waals surface area contributed by atoms with Crippen molar-refractivity contribution in [2.45, 2.75) is 0 Å². The fourth-order valence-electron chi connectivity index (χ4n) is 2.70. The van der Waals surface area contributed by atoms with Crippen molar-refractivity contribution >= 4 is 0 Å². The van der Waals surface area contributed by atoms with Gasteiger partial charge in [-0.05, 0) is 18.2 Å². The first-order valence-electron chi connectivity index (χ1n) is 7.94. The molecule has 1 aromatic heterocycles. The van der Waals surface area contributed by atoms with Crippen LogP contribution in [0.4, 0.5) is 0 Å². The van der Waals surface area contributed by atoms with E-state index in [1.54, 1.807) is 16.9 Å². The maximum absolute atomic E-state index is 9.12. The van der Waals surface area contributed by atoms with Gasteiger partial charge in [-0.2, -0.15) is 10.1 Å². The lowest BCUT2D eigenvalue weighted by Crippen LogP contribution is -1.99. The number of nitriles is 1. The zero-order chi connectivity index (χ0) is 17.1. The number of hydrogen-bond donors (Lipinski definition) is 0. The normalized spacial score (nSPS) is 10.4. The third-order valence-corrected chi connectivity index (χ3v) is 3.91. The minimum atomic E-state index is 0.581. The van der Waals surface area contributed by atoms with Crippen LogP contribution in [-0.2, 0) is 0 Å². The minimum absolute atomic E-state index is 0.581. The smallest absolute Gasteiger partial charge is 0.121 e. The van der Waals surface area contributed by atoms with Crippen LogP contribution in [0.15, 0.2) is 84.9 Å². The van der Waals surface area contributed by atoms with Gasteiger partial charge < -0.3 is 0 Å². The molecule has 4 nitrogen and oxygen atoms in total. The topological polar surface area (TPSA) is 54.5 Å². The number of hydrogen-bond acceptors (Lipinski definition) is 3. The average molecular weight is 322 g/mol. The molecule has 0 atom stereocenters. The van der Waals surface area contributed by atoms with Crippen molar-refractivity contribution in [3.05, 3.63) is 90.5 Å².